The zero-order chi connectivity index (χ0) is 8.39. The average molecular weight is 162 g/mol. The van der Waals surface area contributed by atoms with Crippen molar-refractivity contribution in [3.05, 3.63) is 23.9 Å². The van der Waals surface area contributed by atoms with Crippen molar-refractivity contribution >= 4 is 12.0 Å². The third kappa shape index (κ3) is 1.29. The van der Waals surface area contributed by atoms with Gasteiger partial charge in [-0.3, -0.25) is 0 Å². The number of hydrazine groups is 1. The largest absolute Gasteiger partial charge is 0.233 e. The Labute approximate surface area is 70.9 Å². The van der Waals surface area contributed by atoms with E-state index >= 15 is 0 Å². The SMILES string of the molecule is Cc1cccc(N2N=CCN2)n1. The van der Waals surface area contributed by atoms with Gasteiger partial charge in [0, 0.05) is 11.9 Å². The van der Waals surface area contributed by atoms with E-state index < -0.39 is 0 Å². The molecule has 2 rings (SSSR count). The zero-order valence-corrected chi connectivity index (χ0v) is 6.86. The predicted octanol–water partition coefficient (Wildman–Crippen LogP) is 0.700. The van der Waals surface area contributed by atoms with Crippen LogP contribution in [0.1, 0.15) is 5.69 Å². The van der Waals surface area contributed by atoms with Gasteiger partial charge in [0.1, 0.15) is 0 Å². The Morgan fingerprint density at radius 3 is 3.08 bits per heavy atom. The van der Waals surface area contributed by atoms with E-state index in [2.05, 4.69) is 15.5 Å². The van der Waals surface area contributed by atoms with Crippen molar-refractivity contribution in [1.82, 2.24) is 10.4 Å². The van der Waals surface area contributed by atoms with E-state index in [0.717, 1.165) is 18.1 Å². The molecule has 0 saturated heterocycles. The van der Waals surface area contributed by atoms with E-state index in [1.165, 1.54) is 0 Å². The summed E-state index contributed by atoms with van der Waals surface area (Å²) in [6, 6.07) is 5.85. The van der Waals surface area contributed by atoms with E-state index in [1.54, 1.807) is 5.12 Å². The van der Waals surface area contributed by atoms with E-state index in [-0.39, 0.29) is 0 Å². The monoisotopic (exact) mass is 162 g/mol. The van der Waals surface area contributed by atoms with Crippen molar-refractivity contribution in [1.29, 1.82) is 0 Å². The van der Waals surface area contributed by atoms with E-state index in [1.807, 2.05) is 31.3 Å². The van der Waals surface area contributed by atoms with Gasteiger partial charge in [-0.2, -0.15) is 10.2 Å². The number of aryl methyl sites for hydroxylation is 1. The van der Waals surface area contributed by atoms with Gasteiger partial charge in [0.2, 0.25) is 0 Å². The first-order chi connectivity index (χ1) is 5.86. The van der Waals surface area contributed by atoms with Crippen molar-refractivity contribution in [2.45, 2.75) is 6.92 Å². The first-order valence-electron chi connectivity index (χ1n) is 3.86. The van der Waals surface area contributed by atoms with Gasteiger partial charge in [-0.15, -0.1) is 0 Å². The second kappa shape index (κ2) is 2.91. The quantitative estimate of drug-likeness (QED) is 0.660. The second-order valence-electron chi connectivity index (χ2n) is 2.61. The van der Waals surface area contributed by atoms with Crippen LogP contribution >= 0.6 is 0 Å². The van der Waals surface area contributed by atoms with Crippen molar-refractivity contribution in [3.8, 4) is 0 Å². The van der Waals surface area contributed by atoms with Crippen LogP contribution in [0.3, 0.4) is 0 Å². The summed E-state index contributed by atoms with van der Waals surface area (Å²) in [5, 5.41) is 5.76. The highest BCUT2D eigenvalue weighted by Gasteiger charge is 2.07. The molecule has 12 heavy (non-hydrogen) atoms. The van der Waals surface area contributed by atoms with Crippen LogP contribution in [-0.2, 0) is 0 Å². The first kappa shape index (κ1) is 7.24. The fourth-order valence-electron chi connectivity index (χ4n) is 1.08. The minimum Gasteiger partial charge on any atom is -0.233 e. The molecule has 0 bridgehead atoms. The highest BCUT2D eigenvalue weighted by molar-refractivity contribution is 5.64. The molecule has 0 atom stereocenters. The van der Waals surface area contributed by atoms with Crippen molar-refractivity contribution in [3.63, 3.8) is 0 Å². The number of hydrogen-bond acceptors (Lipinski definition) is 4. The van der Waals surface area contributed by atoms with Crippen LogP contribution < -0.4 is 10.5 Å². The van der Waals surface area contributed by atoms with Crippen LogP contribution in [0.2, 0.25) is 0 Å². The lowest BCUT2D eigenvalue weighted by Crippen LogP contribution is -2.29. The maximum absolute atomic E-state index is 4.30. The molecule has 1 aromatic rings. The van der Waals surface area contributed by atoms with Crippen LogP contribution in [0.4, 0.5) is 5.82 Å². The standard InChI is InChI=1S/C8H10N4/c1-7-3-2-4-8(11-7)12-9-5-6-10-12/h2-5,10H,6H2,1H3. The van der Waals surface area contributed by atoms with Gasteiger partial charge in [0.25, 0.3) is 0 Å². The molecule has 4 heteroatoms. The minimum absolute atomic E-state index is 0.773. The molecular formula is C8H10N4. The summed E-state index contributed by atoms with van der Waals surface area (Å²) in [7, 11) is 0. The van der Waals surface area contributed by atoms with Crippen LogP contribution in [0.5, 0.6) is 0 Å². The molecule has 1 aliphatic heterocycles. The molecule has 0 amide bonds. The Balaban J connectivity index is 2.27. The molecule has 1 aromatic heterocycles. The summed E-state index contributed by atoms with van der Waals surface area (Å²) in [6.45, 7) is 2.74. The number of nitrogens with zero attached hydrogens (tertiary/aromatic N) is 3. The van der Waals surface area contributed by atoms with Gasteiger partial charge < -0.3 is 0 Å². The Kier molecular flexibility index (Phi) is 1.75. The Morgan fingerprint density at radius 2 is 2.42 bits per heavy atom. The molecule has 1 aliphatic rings. The van der Waals surface area contributed by atoms with Gasteiger partial charge in [-0.25, -0.2) is 10.4 Å². The highest BCUT2D eigenvalue weighted by Crippen LogP contribution is 2.09. The van der Waals surface area contributed by atoms with Crippen LogP contribution in [0.25, 0.3) is 0 Å². The molecule has 1 N–H and O–H groups in total. The molecule has 0 unspecified atom stereocenters. The normalized spacial score (nSPS) is 15.6. The van der Waals surface area contributed by atoms with E-state index in [0.29, 0.717) is 0 Å². The molecule has 0 saturated carbocycles. The molecule has 0 fully saturated rings. The van der Waals surface area contributed by atoms with Crippen molar-refractivity contribution in [2.75, 3.05) is 11.7 Å². The number of nitrogens with one attached hydrogen (secondary N) is 1. The second-order valence-corrected chi connectivity index (χ2v) is 2.61. The summed E-state index contributed by atoms with van der Waals surface area (Å²) in [5.74, 6) is 0.837. The third-order valence-corrected chi connectivity index (χ3v) is 1.62. The molecule has 0 aromatic carbocycles. The average Bonchev–Trinajstić information content (AvgIpc) is 2.56. The molecule has 0 aliphatic carbocycles. The maximum Gasteiger partial charge on any atom is 0.166 e. The van der Waals surface area contributed by atoms with Crippen LogP contribution in [0, 0.1) is 6.92 Å². The number of rotatable bonds is 1. The number of hydrazone groups is 1. The van der Waals surface area contributed by atoms with Crippen molar-refractivity contribution in [2.24, 2.45) is 5.10 Å². The summed E-state index contributed by atoms with van der Waals surface area (Å²) < 4.78 is 0. The first-order valence-corrected chi connectivity index (χ1v) is 3.86. The lowest BCUT2D eigenvalue weighted by Gasteiger charge is -2.12. The Bertz CT molecular complexity index is 308. The molecule has 62 valence electrons. The van der Waals surface area contributed by atoms with Gasteiger partial charge in [-0.1, -0.05) is 6.07 Å². The van der Waals surface area contributed by atoms with Gasteiger partial charge in [-0.05, 0) is 19.1 Å². The summed E-state index contributed by atoms with van der Waals surface area (Å²) in [6.07, 6.45) is 1.81. The van der Waals surface area contributed by atoms with Gasteiger partial charge in [0.05, 0.1) is 6.54 Å². The smallest absolute Gasteiger partial charge is 0.166 e. The third-order valence-electron chi connectivity index (χ3n) is 1.62. The van der Waals surface area contributed by atoms with Gasteiger partial charge in [0.15, 0.2) is 5.82 Å². The zero-order valence-electron chi connectivity index (χ0n) is 6.86. The molecule has 0 spiro atoms. The van der Waals surface area contributed by atoms with E-state index in [9.17, 15) is 0 Å². The topological polar surface area (TPSA) is 40.5 Å². The minimum atomic E-state index is 0.773. The Hall–Kier alpha value is -1.42. The summed E-state index contributed by atoms with van der Waals surface area (Å²) in [5.41, 5.74) is 4.05. The lowest BCUT2D eigenvalue weighted by molar-refractivity contribution is 0.741. The van der Waals surface area contributed by atoms with Gasteiger partial charge >= 0.3 is 0 Å². The number of hydrogen-bond donors (Lipinski definition) is 1. The summed E-state index contributed by atoms with van der Waals surface area (Å²) >= 11 is 0. The predicted molar refractivity (Wildman–Crippen MR) is 47.9 cm³/mol. The number of aromatic nitrogens is 1. The molecule has 0 radical (unpaired) electrons. The fraction of sp³-hybridized carbons (Fsp3) is 0.250. The maximum atomic E-state index is 4.30. The highest BCUT2D eigenvalue weighted by atomic mass is 15.7. The molecule has 4 nitrogen and oxygen atoms in total. The summed E-state index contributed by atoms with van der Waals surface area (Å²) in [4.78, 5) is 4.30. The van der Waals surface area contributed by atoms with Crippen LogP contribution in [0.15, 0.2) is 23.3 Å². The fourth-order valence-corrected chi connectivity index (χ4v) is 1.08. The van der Waals surface area contributed by atoms with Crippen LogP contribution in [-0.4, -0.2) is 17.7 Å². The van der Waals surface area contributed by atoms with Crippen molar-refractivity contribution < 1.29 is 0 Å². The molecular weight excluding hydrogens is 152 g/mol. The number of pyridine rings is 1. The Morgan fingerprint density at radius 1 is 1.50 bits per heavy atom. The lowest BCUT2D eigenvalue weighted by atomic mass is 10.4. The number of anilines is 1. The van der Waals surface area contributed by atoms with E-state index in [4.69, 9.17) is 0 Å². The molecule has 2 heterocycles.